The lowest BCUT2D eigenvalue weighted by Gasteiger charge is -2.20. The molecule has 0 radical (unpaired) electrons. The average Bonchev–Trinajstić information content (AvgIpc) is 3.04. The van der Waals surface area contributed by atoms with E-state index >= 15 is 0 Å². The molecule has 0 aliphatic carbocycles. The molecule has 5 heteroatoms. The van der Waals surface area contributed by atoms with E-state index in [1.54, 1.807) is 24.3 Å². The van der Waals surface area contributed by atoms with Crippen molar-refractivity contribution >= 4 is 34.8 Å². The van der Waals surface area contributed by atoms with Crippen LogP contribution < -0.4 is 10.2 Å². The average molecular weight is 390 g/mol. The van der Waals surface area contributed by atoms with Crippen LogP contribution in [0, 0.1) is 13.8 Å². The zero-order valence-corrected chi connectivity index (χ0v) is 16.5. The summed E-state index contributed by atoms with van der Waals surface area (Å²) >= 11 is 5.91. The molecule has 0 unspecified atom stereocenters. The standard InChI is InChI=1S/C23H20ClN3O/c1-15-7-12-20(13-16(15)2)27-14-17-5-3-4-6-21(17)22(27)26-23(28)25-19-10-8-18(24)9-11-19/h3-13H,14H2,1-2H3,(H,25,28). The lowest BCUT2D eigenvalue weighted by Crippen LogP contribution is -2.26. The van der Waals surface area contributed by atoms with Crippen molar-refractivity contribution < 1.29 is 4.79 Å². The number of fused-ring (bicyclic) bond motifs is 1. The largest absolute Gasteiger partial charge is 0.347 e. The van der Waals surface area contributed by atoms with Gasteiger partial charge in [0.2, 0.25) is 0 Å². The minimum Gasteiger partial charge on any atom is -0.321 e. The molecule has 0 bridgehead atoms. The molecule has 0 fully saturated rings. The summed E-state index contributed by atoms with van der Waals surface area (Å²) in [6.45, 7) is 4.87. The molecule has 0 atom stereocenters. The van der Waals surface area contributed by atoms with Crippen LogP contribution in [-0.4, -0.2) is 11.9 Å². The number of aryl methyl sites for hydroxylation is 2. The van der Waals surface area contributed by atoms with E-state index in [-0.39, 0.29) is 0 Å². The van der Waals surface area contributed by atoms with Crippen molar-refractivity contribution in [1.82, 2.24) is 0 Å². The summed E-state index contributed by atoms with van der Waals surface area (Å²) in [5, 5.41) is 3.43. The molecule has 28 heavy (non-hydrogen) atoms. The van der Waals surface area contributed by atoms with Gasteiger partial charge in [0.15, 0.2) is 0 Å². The van der Waals surface area contributed by atoms with Crippen LogP contribution in [0.4, 0.5) is 16.2 Å². The van der Waals surface area contributed by atoms with E-state index in [2.05, 4.69) is 53.3 Å². The molecule has 3 aromatic carbocycles. The number of nitrogens with one attached hydrogen (secondary N) is 1. The van der Waals surface area contributed by atoms with Crippen LogP contribution in [0.1, 0.15) is 22.3 Å². The van der Waals surface area contributed by atoms with Gasteiger partial charge < -0.3 is 10.2 Å². The Kier molecular flexibility index (Phi) is 4.88. The first-order valence-corrected chi connectivity index (χ1v) is 9.47. The third-order valence-corrected chi connectivity index (χ3v) is 5.20. The molecule has 140 valence electrons. The molecule has 3 aromatic rings. The molecule has 0 saturated carbocycles. The number of rotatable bonds is 2. The van der Waals surface area contributed by atoms with Crippen molar-refractivity contribution in [3.63, 3.8) is 0 Å². The number of halogens is 1. The second kappa shape index (κ2) is 7.49. The first-order valence-electron chi connectivity index (χ1n) is 9.09. The van der Waals surface area contributed by atoms with Gasteiger partial charge in [-0.1, -0.05) is 41.9 Å². The van der Waals surface area contributed by atoms with Crippen LogP contribution in [0.5, 0.6) is 0 Å². The van der Waals surface area contributed by atoms with Crippen molar-refractivity contribution in [2.75, 3.05) is 10.2 Å². The highest BCUT2D eigenvalue weighted by Crippen LogP contribution is 2.30. The predicted molar refractivity (Wildman–Crippen MR) is 116 cm³/mol. The molecule has 1 heterocycles. The molecular weight excluding hydrogens is 370 g/mol. The number of aliphatic imine (C=N–C) groups is 1. The predicted octanol–water partition coefficient (Wildman–Crippen LogP) is 5.96. The van der Waals surface area contributed by atoms with Crippen LogP contribution in [0.3, 0.4) is 0 Å². The number of urea groups is 1. The second-order valence-corrected chi connectivity index (χ2v) is 7.32. The van der Waals surface area contributed by atoms with Crippen LogP contribution in [0.25, 0.3) is 0 Å². The number of amides is 2. The number of hydrogen-bond acceptors (Lipinski definition) is 1. The number of carbonyl (C=O) groups excluding carboxylic acids is 1. The van der Waals surface area contributed by atoms with Gasteiger partial charge in [-0.2, -0.15) is 4.99 Å². The van der Waals surface area contributed by atoms with Crippen molar-refractivity contribution in [1.29, 1.82) is 0 Å². The molecule has 1 N–H and O–H groups in total. The number of amidine groups is 1. The van der Waals surface area contributed by atoms with Crippen molar-refractivity contribution in [3.8, 4) is 0 Å². The lowest BCUT2D eigenvalue weighted by molar-refractivity contribution is 0.259. The summed E-state index contributed by atoms with van der Waals surface area (Å²) in [6, 6.07) is 20.9. The molecule has 1 aliphatic heterocycles. The first-order chi connectivity index (χ1) is 13.5. The summed E-state index contributed by atoms with van der Waals surface area (Å²) in [5.74, 6) is 0.658. The number of nitrogens with zero attached hydrogens (tertiary/aromatic N) is 2. The van der Waals surface area contributed by atoms with Gasteiger partial charge in [-0.05, 0) is 66.9 Å². The van der Waals surface area contributed by atoms with E-state index < -0.39 is 6.03 Å². The summed E-state index contributed by atoms with van der Waals surface area (Å²) in [5.41, 5.74) is 6.25. The van der Waals surface area contributed by atoms with Crippen LogP contribution in [0.2, 0.25) is 5.02 Å². The van der Waals surface area contributed by atoms with Gasteiger partial charge in [0.05, 0.1) is 6.54 Å². The van der Waals surface area contributed by atoms with Gasteiger partial charge in [0.1, 0.15) is 5.84 Å². The highest BCUT2D eigenvalue weighted by Gasteiger charge is 2.27. The van der Waals surface area contributed by atoms with Gasteiger partial charge in [0.25, 0.3) is 0 Å². The number of carbonyl (C=O) groups is 1. The minimum atomic E-state index is -0.414. The van der Waals surface area contributed by atoms with Crippen molar-refractivity contribution in [2.45, 2.75) is 20.4 Å². The van der Waals surface area contributed by atoms with Crippen LogP contribution in [0.15, 0.2) is 71.7 Å². The second-order valence-electron chi connectivity index (χ2n) is 6.88. The lowest BCUT2D eigenvalue weighted by atomic mass is 10.1. The summed E-state index contributed by atoms with van der Waals surface area (Å²) in [6.07, 6.45) is 0. The molecule has 0 saturated heterocycles. The Labute approximate surface area is 169 Å². The van der Waals surface area contributed by atoms with E-state index in [1.165, 1.54) is 11.1 Å². The van der Waals surface area contributed by atoms with E-state index in [0.29, 0.717) is 23.1 Å². The van der Waals surface area contributed by atoms with Crippen LogP contribution >= 0.6 is 11.6 Å². The number of anilines is 2. The summed E-state index contributed by atoms with van der Waals surface area (Å²) in [7, 11) is 0. The first kappa shape index (κ1) is 18.3. The monoisotopic (exact) mass is 389 g/mol. The maximum Gasteiger partial charge on any atom is 0.347 e. The molecule has 0 spiro atoms. The van der Waals surface area contributed by atoms with E-state index in [1.807, 2.05) is 18.2 Å². The third-order valence-electron chi connectivity index (χ3n) is 4.95. The topological polar surface area (TPSA) is 44.7 Å². The Hall–Kier alpha value is -3.11. The van der Waals surface area contributed by atoms with Gasteiger partial charge >= 0.3 is 6.03 Å². The zero-order chi connectivity index (χ0) is 19.7. The minimum absolute atomic E-state index is 0.414. The molecule has 0 aromatic heterocycles. The van der Waals surface area contributed by atoms with Gasteiger partial charge in [-0.25, -0.2) is 4.79 Å². The molecule has 4 rings (SSSR count). The summed E-state index contributed by atoms with van der Waals surface area (Å²) in [4.78, 5) is 19.1. The van der Waals surface area contributed by atoms with Gasteiger partial charge in [-0.3, -0.25) is 0 Å². The van der Waals surface area contributed by atoms with Crippen molar-refractivity contribution in [2.24, 2.45) is 4.99 Å². The summed E-state index contributed by atoms with van der Waals surface area (Å²) < 4.78 is 0. The quantitative estimate of drug-likeness (QED) is 0.588. The fraction of sp³-hybridized carbons (Fsp3) is 0.130. The molecule has 2 amide bonds. The van der Waals surface area contributed by atoms with Gasteiger partial charge in [-0.15, -0.1) is 0 Å². The smallest absolute Gasteiger partial charge is 0.321 e. The normalized spacial score (nSPS) is 14.2. The SMILES string of the molecule is Cc1ccc(N2Cc3ccccc3C2=NC(=O)Nc2ccc(Cl)cc2)cc1C. The maximum absolute atomic E-state index is 12.6. The van der Waals surface area contributed by atoms with E-state index in [0.717, 1.165) is 16.8 Å². The number of hydrogen-bond donors (Lipinski definition) is 1. The maximum atomic E-state index is 12.6. The van der Waals surface area contributed by atoms with E-state index in [9.17, 15) is 4.79 Å². The zero-order valence-electron chi connectivity index (χ0n) is 15.7. The van der Waals surface area contributed by atoms with Crippen molar-refractivity contribution in [3.05, 3.63) is 94.0 Å². The Bertz CT molecular complexity index is 1070. The highest BCUT2D eigenvalue weighted by molar-refractivity contribution is 6.30. The van der Waals surface area contributed by atoms with E-state index in [4.69, 9.17) is 11.6 Å². The molecular formula is C23H20ClN3O. The third kappa shape index (κ3) is 3.64. The Balaban J connectivity index is 1.69. The van der Waals surface area contributed by atoms with Crippen LogP contribution in [-0.2, 0) is 6.54 Å². The Morgan fingerprint density at radius 1 is 1.00 bits per heavy atom. The fourth-order valence-corrected chi connectivity index (χ4v) is 3.40. The molecule has 1 aliphatic rings. The number of benzene rings is 3. The highest BCUT2D eigenvalue weighted by atomic mass is 35.5. The fourth-order valence-electron chi connectivity index (χ4n) is 3.28. The Morgan fingerprint density at radius 2 is 1.75 bits per heavy atom. The van der Waals surface area contributed by atoms with Gasteiger partial charge in [0, 0.05) is 22.0 Å². The molecule has 4 nitrogen and oxygen atoms in total. The Morgan fingerprint density at radius 3 is 2.50 bits per heavy atom.